The number of carbonyl (C=O) groups excluding carboxylic acids is 1. The van der Waals surface area contributed by atoms with Crippen LogP contribution in [-0.2, 0) is 6.61 Å². The van der Waals surface area contributed by atoms with Crippen LogP contribution in [0.4, 0.5) is 0 Å². The van der Waals surface area contributed by atoms with E-state index in [1.807, 2.05) is 30.3 Å². The van der Waals surface area contributed by atoms with Crippen LogP contribution in [-0.4, -0.2) is 19.1 Å². The monoisotopic (exact) mass is 395 g/mol. The van der Waals surface area contributed by atoms with Gasteiger partial charge in [0.15, 0.2) is 0 Å². The van der Waals surface area contributed by atoms with Crippen LogP contribution < -0.4 is 14.8 Å². The lowest BCUT2D eigenvalue weighted by molar-refractivity contribution is 0.0930. The molecule has 1 amide bonds. The Balaban J connectivity index is 1.69. The Bertz CT molecular complexity index is 803. The molecule has 0 saturated heterocycles. The molecule has 0 heterocycles. The minimum absolute atomic E-state index is 0.00845. The van der Waals surface area contributed by atoms with Crippen LogP contribution in [0.5, 0.6) is 11.5 Å². The zero-order valence-corrected chi connectivity index (χ0v) is 17.9. The normalized spacial score (nSPS) is 15.3. The minimum atomic E-state index is -0.00845. The highest BCUT2D eigenvalue weighted by atomic mass is 16.5. The van der Waals surface area contributed by atoms with Crippen molar-refractivity contribution in [1.82, 2.24) is 5.32 Å². The highest BCUT2D eigenvalue weighted by Gasteiger charge is 2.17. The van der Waals surface area contributed by atoms with E-state index < -0.39 is 0 Å². The molecule has 3 rings (SSSR count). The van der Waals surface area contributed by atoms with Gasteiger partial charge in [-0.2, -0.15) is 0 Å². The van der Waals surface area contributed by atoms with E-state index >= 15 is 0 Å². The summed E-state index contributed by atoms with van der Waals surface area (Å²) < 4.78 is 11.5. The maximum absolute atomic E-state index is 12.8. The van der Waals surface area contributed by atoms with Crippen LogP contribution in [0.15, 0.2) is 36.4 Å². The van der Waals surface area contributed by atoms with Gasteiger partial charge in [0.1, 0.15) is 18.1 Å². The summed E-state index contributed by atoms with van der Waals surface area (Å²) in [4.78, 5) is 12.8. The Hall–Kier alpha value is -2.49. The predicted molar refractivity (Wildman–Crippen MR) is 117 cm³/mol. The fourth-order valence-electron chi connectivity index (χ4n) is 4.08. The van der Waals surface area contributed by atoms with E-state index in [0.29, 0.717) is 12.2 Å². The average molecular weight is 396 g/mol. The molecular weight excluding hydrogens is 362 g/mol. The third-order valence-electron chi connectivity index (χ3n) is 5.57. The third kappa shape index (κ3) is 6.25. The second-order valence-electron chi connectivity index (χ2n) is 8.15. The van der Waals surface area contributed by atoms with E-state index in [1.54, 1.807) is 7.11 Å². The van der Waals surface area contributed by atoms with Crippen LogP contribution in [0.1, 0.15) is 72.0 Å². The molecule has 0 aromatic heterocycles. The fraction of sp³-hybridized carbons (Fsp3) is 0.480. The Labute approximate surface area is 174 Å². The Kier molecular flexibility index (Phi) is 7.56. The van der Waals surface area contributed by atoms with E-state index in [9.17, 15) is 4.79 Å². The molecule has 156 valence electrons. The quantitative estimate of drug-likeness (QED) is 0.679. The lowest BCUT2D eigenvalue weighted by atomic mass is 9.96. The molecule has 1 saturated carbocycles. The number of aryl methyl sites for hydroxylation is 2. The van der Waals surface area contributed by atoms with Gasteiger partial charge in [-0.05, 0) is 68.1 Å². The molecule has 2 aromatic carbocycles. The standard InChI is InChI=1S/C25H33NO3/c1-18-13-19(2)15-23(14-18)29-17-21-16-20(11-12-24(21)28-3)25(27)26-22-9-7-5-4-6-8-10-22/h11-16,22H,4-10,17H2,1-3H3,(H,26,27). The van der Waals surface area contributed by atoms with Crippen molar-refractivity contribution < 1.29 is 14.3 Å². The molecule has 4 nitrogen and oxygen atoms in total. The summed E-state index contributed by atoms with van der Waals surface area (Å²) in [6, 6.07) is 12.0. The molecule has 2 aromatic rings. The topological polar surface area (TPSA) is 47.6 Å². The molecule has 0 aliphatic heterocycles. The smallest absolute Gasteiger partial charge is 0.251 e. The van der Waals surface area contributed by atoms with Gasteiger partial charge in [-0.3, -0.25) is 4.79 Å². The second kappa shape index (κ2) is 10.3. The van der Waals surface area contributed by atoms with Gasteiger partial charge in [0.05, 0.1) is 7.11 Å². The molecule has 1 fully saturated rings. The number of nitrogens with one attached hydrogen (secondary N) is 1. The summed E-state index contributed by atoms with van der Waals surface area (Å²) in [6.45, 7) is 4.47. The van der Waals surface area contributed by atoms with Crippen molar-refractivity contribution in [3.8, 4) is 11.5 Å². The maximum Gasteiger partial charge on any atom is 0.251 e. The minimum Gasteiger partial charge on any atom is -0.496 e. The first-order valence-electron chi connectivity index (χ1n) is 10.7. The highest BCUT2D eigenvalue weighted by Crippen LogP contribution is 2.24. The number of rotatable bonds is 6. The van der Waals surface area contributed by atoms with Crippen LogP contribution in [0.2, 0.25) is 0 Å². The number of hydrogen-bond donors (Lipinski definition) is 1. The Morgan fingerprint density at radius 2 is 1.62 bits per heavy atom. The summed E-state index contributed by atoms with van der Waals surface area (Å²) in [7, 11) is 1.64. The van der Waals surface area contributed by atoms with E-state index in [4.69, 9.17) is 9.47 Å². The molecule has 1 aliphatic rings. The first-order chi connectivity index (χ1) is 14.0. The van der Waals surface area contributed by atoms with Gasteiger partial charge in [0.2, 0.25) is 0 Å². The average Bonchev–Trinajstić information content (AvgIpc) is 2.67. The summed E-state index contributed by atoms with van der Waals surface area (Å²) in [5, 5.41) is 3.24. The molecular formula is C25H33NO3. The van der Waals surface area contributed by atoms with Crippen LogP contribution >= 0.6 is 0 Å². The summed E-state index contributed by atoms with van der Waals surface area (Å²) in [5.74, 6) is 1.55. The number of amides is 1. The van der Waals surface area contributed by atoms with Gasteiger partial charge in [0, 0.05) is 17.2 Å². The molecule has 0 spiro atoms. The first-order valence-corrected chi connectivity index (χ1v) is 10.7. The molecule has 1 N–H and O–H groups in total. The Morgan fingerprint density at radius 3 is 2.28 bits per heavy atom. The number of benzene rings is 2. The van der Waals surface area contributed by atoms with E-state index in [1.165, 1.54) is 43.2 Å². The molecule has 0 atom stereocenters. The largest absolute Gasteiger partial charge is 0.496 e. The number of methoxy groups -OCH3 is 1. The van der Waals surface area contributed by atoms with E-state index in [-0.39, 0.29) is 11.9 Å². The van der Waals surface area contributed by atoms with E-state index in [2.05, 4.69) is 25.2 Å². The molecule has 0 unspecified atom stereocenters. The lowest BCUT2D eigenvalue weighted by Crippen LogP contribution is -2.35. The van der Waals surface area contributed by atoms with Gasteiger partial charge >= 0.3 is 0 Å². The lowest BCUT2D eigenvalue weighted by Gasteiger charge is -2.21. The van der Waals surface area contributed by atoms with Crippen molar-refractivity contribution in [2.24, 2.45) is 0 Å². The molecule has 1 aliphatic carbocycles. The summed E-state index contributed by atoms with van der Waals surface area (Å²) in [5.41, 5.74) is 3.86. The van der Waals surface area contributed by atoms with Crippen LogP contribution in [0.25, 0.3) is 0 Å². The van der Waals surface area contributed by atoms with E-state index in [0.717, 1.165) is 29.9 Å². The first kappa shape index (κ1) is 21.2. The van der Waals surface area contributed by atoms with Gasteiger partial charge < -0.3 is 14.8 Å². The van der Waals surface area contributed by atoms with Crippen molar-refractivity contribution in [2.75, 3.05) is 7.11 Å². The number of ether oxygens (including phenoxy) is 2. The summed E-state index contributed by atoms with van der Waals surface area (Å²) >= 11 is 0. The van der Waals surface area contributed by atoms with Crippen molar-refractivity contribution in [1.29, 1.82) is 0 Å². The summed E-state index contributed by atoms with van der Waals surface area (Å²) in [6.07, 6.45) is 8.41. The zero-order valence-electron chi connectivity index (χ0n) is 17.9. The fourth-order valence-corrected chi connectivity index (χ4v) is 4.08. The van der Waals surface area contributed by atoms with Crippen molar-refractivity contribution in [2.45, 2.75) is 71.4 Å². The second-order valence-corrected chi connectivity index (χ2v) is 8.15. The predicted octanol–water partition coefficient (Wildman–Crippen LogP) is 5.73. The molecule has 0 radical (unpaired) electrons. The molecule has 0 bridgehead atoms. The van der Waals surface area contributed by atoms with Crippen LogP contribution in [0.3, 0.4) is 0 Å². The maximum atomic E-state index is 12.8. The SMILES string of the molecule is COc1ccc(C(=O)NC2CCCCCCC2)cc1COc1cc(C)cc(C)c1. The van der Waals surface area contributed by atoms with Gasteiger partial charge in [-0.1, -0.05) is 38.2 Å². The zero-order chi connectivity index (χ0) is 20.6. The number of hydrogen-bond acceptors (Lipinski definition) is 3. The number of carbonyl (C=O) groups is 1. The molecule has 4 heteroatoms. The van der Waals surface area contributed by atoms with Crippen molar-refractivity contribution in [3.05, 3.63) is 58.7 Å². The molecule has 29 heavy (non-hydrogen) atoms. The van der Waals surface area contributed by atoms with Gasteiger partial charge in [0.25, 0.3) is 5.91 Å². The van der Waals surface area contributed by atoms with Crippen molar-refractivity contribution >= 4 is 5.91 Å². The third-order valence-corrected chi connectivity index (χ3v) is 5.57. The van der Waals surface area contributed by atoms with Crippen molar-refractivity contribution in [3.63, 3.8) is 0 Å². The van der Waals surface area contributed by atoms with Crippen LogP contribution in [0, 0.1) is 13.8 Å². The Morgan fingerprint density at radius 1 is 0.966 bits per heavy atom. The highest BCUT2D eigenvalue weighted by molar-refractivity contribution is 5.94. The van der Waals surface area contributed by atoms with Gasteiger partial charge in [-0.15, -0.1) is 0 Å². The van der Waals surface area contributed by atoms with Gasteiger partial charge in [-0.25, -0.2) is 0 Å².